The van der Waals surface area contributed by atoms with E-state index in [9.17, 15) is 9.59 Å². The van der Waals surface area contributed by atoms with E-state index in [-0.39, 0.29) is 23.8 Å². The topological polar surface area (TPSA) is 49.4 Å². The van der Waals surface area contributed by atoms with E-state index in [1.54, 1.807) is 11.3 Å². The number of hydrogen-bond acceptors (Lipinski definition) is 3. The van der Waals surface area contributed by atoms with Gasteiger partial charge in [0, 0.05) is 23.5 Å². The number of nitrogens with one attached hydrogen (secondary N) is 1. The highest BCUT2D eigenvalue weighted by Crippen LogP contribution is 2.44. The Kier molecular flexibility index (Phi) is 5.54. The Morgan fingerprint density at radius 1 is 1.21 bits per heavy atom. The quantitative estimate of drug-likeness (QED) is 0.743. The second-order valence-electron chi connectivity index (χ2n) is 8.40. The van der Waals surface area contributed by atoms with Crippen molar-refractivity contribution in [1.82, 2.24) is 10.2 Å². The summed E-state index contributed by atoms with van der Waals surface area (Å²) < 4.78 is 0. The van der Waals surface area contributed by atoms with Gasteiger partial charge in [0.15, 0.2) is 0 Å². The summed E-state index contributed by atoms with van der Waals surface area (Å²) in [7, 11) is 0. The lowest BCUT2D eigenvalue weighted by atomic mass is 9.81. The molecule has 1 aromatic heterocycles. The van der Waals surface area contributed by atoms with Crippen molar-refractivity contribution in [3.8, 4) is 0 Å². The minimum absolute atomic E-state index is 0.0322. The molecule has 4 rings (SSSR count). The van der Waals surface area contributed by atoms with Crippen LogP contribution < -0.4 is 5.32 Å². The highest BCUT2D eigenvalue weighted by atomic mass is 32.1. The maximum atomic E-state index is 13.4. The lowest BCUT2D eigenvalue weighted by Crippen LogP contribution is -2.48. The molecule has 1 saturated carbocycles. The molecule has 0 spiro atoms. The Hall–Kier alpha value is -2.14. The Morgan fingerprint density at radius 3 is 2.68 bits per heavy atom. The third-order valence-electron chi connectivity index (χ3n) is 5.67. The first-order chi connectivity index (χ1) is 13.6. The van der Waals surface area contributed by atoms with Gasteiger partial charge in [-0.1, -0.05) is 51.0 Å². The predicted molar refractivity (Wildman–Crippen MR) is 112 cm³/mol. The average Bonchev–Trinajstić information content (AvgIpc) is 3.34. The largest absolute Gasteiger partial charge is 0.355 e. The molecular formula is C23H28N2O2S. The van der Waals surface area contributed by atoms with Crippen molar-refractivity contribution in [2.45, 2.75) is 45.1 Å². The Morgan fingerprint density at radius 2 is 2.00 bits per heavy atom. The van der Waals surface area contributed by atoms with Crippen LogP contribution in [0.1, 0.15) is 65.9 Å². The zero-order valence-electron chi connectivity index (χ0n) is 16.6. The number of thiophene rings is 1. The number of carbonyl (C=O) groups is 2. The molecule has 0 bridgehead atoms. The molecule has 1 fully saturated rings. The Balaban J connectivity index is 1.72. The van der Waals surface area contributed by atoms with Gasteiger partial charge in [0.25, 0.3) is 5.91 Å². The van der Waals surface area contributed by atoms with Gasteiger partial charge in [-0.05, 0) is 41.3 Å². The van der Waals surface area contributed by atoms with Crippen LogP contribution in [0.15, 0.2) is 41.8 Å². The van der Waals surface area contributed by atoms with E-state index >= 15 is 0 Å². The molecule has 1 aliphatic carbocycles. The van der Waals surface area contributed by atoms with Crippen LogP contribution in [0.5, 0.6) is 0 Å². The van der Waals surface area contributed by atoms with Gasteiger partial charge in [0.05, 0.1) is 12.0 Å². The van der Waals surface area contributed by atoms with Crippen LogP contribution in [0, 0.1) is 11.8 Å². The van der Waals surface area contributed by atoms with Crippen molar-refractivity contribution in [3.05, 3.63) is 57.8 Å². The average molecular weight is 397 g/mol. The van der Waals surface area contributed by atoms with Crippen LogP contribution in [0.25, 0.3) is 0 Å². The number of carbonyl (C=O) groups excluding carboxylic acids is 2. The van der Waals surface area contributed by atoms with Crippen LogP contribution in [0.4, 0.5) is 0 Å². The fraction of sp³-hybridized carbons (Fsp3) is 0.478. The summed E-state index contributed by atoms with van der Waals surface area (Å²) >= 11 is 1.62. The van der Waals surface area contributed by atoms with Gasteiger partial charge in [-0.25, -0.2) is 0 Å². The number of rotatable bonds is 7. The van der Waals surface area contributed by atoms with Crippen LogP contribution in [-0.2, 0) is 4.79 Å². The Labute approximate surface area is 170 Å². The van der Waals surface area contributed by atoms with Crippen molar-refractivity contribution in [1.29, 1.82) is 0 Å². The number of benzene rings is 1. The van der Waals surface area contributed by atoms with E-state index in [2.05, 4.69) is 19.2 Å². The molecule has 148 valence electrons. The number of nitrogens with zero attached hydrogens (tertiary/aromatic N) is 1. The number of fused-ring (bicyclic) bond motifs is 1. The molecule has 4 nitrogen and oxygen atoms in total. The maximum absolute atomic E-state index is 13.4. The molecule has 2 aromatic rings. The number of hydrogen-bond donors (Lipinski definition) is 1. The predicted octanol–water partition coefficient (Wildman–Crippen LogP) is 4.60. The van der Waals surface area contributed by atoms with Crippen molar-refractivity contribution < 1.29 is 9.59 Å². The molecule has 1 aromatic carbocycles. The summed E-state index contributed by atoms with van der Waals surface area (Å²) in [5, 5.41) is 5.20. The second kappa shape index (κ2) is 8.08. The highest BCUT2D eigenvalue weighted by Gasteiger charge is 2.44. The van der Waals surface area contributed by atoms with Crippen LogP contribution in [0.3, 0.4) is 0 Å². The third kappa shape index (κ3) is 3.86. The van der Waals surface area contributed by atoms with Gasteiger partial charge in [0.1, 0.15) is 0 Å². The van der Waals surface area contributed by atoms with Gasteiger partial charge in [-0.3, -0.25) is 9.59 Å². The van der Waals surface area contributed by atoms with E-state index in [4.69, 9.17) is 0 Å². The molecule has 0 radical (unpaired) electrons. The summed E-state index contributed by atoms with van der Waals surface area (Å²) in [6, 6.07) is 11.4. The standard InChI is InChI=1S/C23H28N2O2S/c1-15(2)14-25-21(19-8-5-13-28-19)20(22(26)24-12-11-16-9-10-16)17-6-3-4-7-18(17)23(25)27/h3-8,13,15-16,20-21H,9-12,14H2,1-2H3,(H,24,26)/t20-,21+/m1/s1. The van der Waals surface area contributed by atoms with Gasteiger partial charge < -0.3 is 10.2 Å². The molecule has 0 saturated heterocycles. The fourth-order valence-corrected chi connectivity index (χ4v) is 5.04. The van der Waals surface area contributed by atoms with Crippen molar-refractivity contribution in [2.24, 2.45) is 11.8 Å². The highest BCUT2D eigenvalue weighted by molar-refractivity contribution is 7.10. The van der Waals surface area contributed by atoms with Gasteiger partial charge in [-0.2, -0.15) is 0 Å². The molecular weight excluding hydrogens is 368 g/mol. The van der Waals surface area contributed by atoms with E-state index in [0.717, 1.165) is 29.3 Å². The number of amides is 2. The zero-order valence-corrected chi connectivity index (χ0v) is 17.4. The van der Waals surface area contributed by atoms with Crippen molar-refractivity contribution >= 4 is 23.2 Å². The van der Waals surface area contributed by atoms with E-state index < -0.39 is 0 Å². The van der Waals surface area contributed by atoms with Crippen molar-refractivity contribution in [3.63, 3.8) is 0 Å². The van der Waals surface area contributed by atoms with E-state index in [0.29, 0.717) is 18.0 Å². The molecule has 1 N–H and O–H groups in total. The lowest BCUT2D eigenvalue weighted by Gasteiger charge is -2.42. The first kappa shape index (κ1) is 19.2. The molecule has 2 aliphatic rings. The minimum atomic E-state index is -0.370. The maximum Gasteiger partial charge on any atom is 0.254 e. The summed E-state index contributed by atoms with van der Waals surface area (Å²) in [6.07, 6.45) is 3.63. The molecule has 2 amide bonds. The van der Waals surface area contributed by atoms with Gasteiger partial charge in [0.2, 0.25) is 5.91 Å². The first-order valence-electron chi connectivity index (χ1n) is 10.3. The first-order valence-corrected chi connectivity index (χ1v) is 11.1. The third-order valence-corrected chi connectivity index (χ3v) is 6.61. The summed E-state index contributed by atoms with van der Waals surface area (Å²) in [6.45, 7) is 5.59. The second-order valence-corrected chi connectivity index (χ2v) is 9.38. The van der Waals surface area contributed by atoms with Crippen LogP contribution in [-0.4, -0.2) is 29.8 Å². The monoisotopic (exact) mass is 396 g/mol. The van der Waals surface area contributed by atoms with E-state index in [1.165, 1.54) is 12.8 Å². The normalized spacial score (nSPS) is 21.7. The smallest absolute Gasteiger partial charge is 0.254 e. The fourth-order valence-electron chi connectivity index (χ4n) is 4.16. The molecule has 1 aliphatic heterocycles. The molecule has 2 atom stereocenters. The molecule has 0 unspecified atom stereocenters. The van der Waals surface area contributed by atoms with Gasteiger partial charge in [-0.15, -0.1) is 11.3 Å². The van der Waals surface area contributed by atoms with Crippen molar-refractivity contribution in [2.75, 3.05) is 13.1 Å². The summed E-state index contributed by atoms with van der Waals surface area (Å²) in [4.78, 5) is 29.7. The van der Waals surface area contributed by atoms with Crippen LogP contribution in [0.2, 0.25) is 0 Å². The molecule has 2 heterocycles. The Bertz CT molecular complexity index is 842. The van der Waals surface area contributed by atoms with Gasteiger partial charge >= 0.3 is 0 Å². The molecule has 28 heavy (non-hydrogen) atoms. The lowest BCUT2D eigenvalue weighted by molar-refractivity contribution is -0.124. The zero-order chi connectivity index (χ0) is 19.7. The summed E-state index contributed by atoms with van der Waals surface area (Å²) in [5.41, 5.74) is 1.52. The van der Waals surface area contributed by atoms with Crippen LogP contribution >= 0.6 is 11.3 Å². The SMILES string of the molecule is CC(C)CN1C(=O)c2ccccc2[C@@H](C(=O)NCCC2CC2)[C@@H]1c1cccs1. The molecule has 5 heteroatoms. The minimum Gasteiger partial charge on any atom is -0.355 e. The van der Waals surface area contributed by atoms with E-state index in [1.807, 2.05) is 46.7 Å². The summed E-state index contributed by atoms with van der Waals surface area (Å²) in [5.74, 6) is 0.810.